The van der Waals surface area contributed by atoms with Gasteiger partial charge in [-0.1, -0.05) is 30.3 Å². The molecule has 0 N–H and O–H groups in total. The lowest BCUT2D eigenvalue weighted by atomic mass is 9.97. The van der Waals surface area contributed by atoms with Crippen molar-refractivity contribution in [3.05, 3.63) is 64.7 Å². The van der Waals surface area contributed by atoms with Crippen molar-refractivity contribution in [1.82, 2.24) is 0 Å². The summed E-state index contributed by atoms with van der Waals surface area (Å²) in [6, 6.07) is 16.8. The van der Waals surface area contributed by atoms with Crippen molar-refractivity contribution in [3.8, 4) is 5.75 Å². The molecule has 0 bridgehead atoms. The molecule has 0 aliphatic carbocycles. The fraction of sp³-hybridized carbons (Fsp3) is 0.333. The number of anilines is 1. The summed E-state index contributed by atoms with van der Waals surface area (Å²) >= 11 is 0. The number of rotatable bonds is 5. The van der Waals surface area contributed by atoms with Crippen LogP contribution >= 0.6 is 0 Å². The first-order chi connectivity index (χ1) is 11.2. The number of nitrogens with zero attached hydrogens (tertiary/aromatic N) is 2. The Morgan fingerprint density at radius 2 is 1.70 bits per heavy atom. The van der Waals surface area contributed by atoms with E-state index in [-0.39, 0.29) is 10.6 Å². The van der Waals surface area contributed by atoms with Crippen molar-refractivity contribution in [2.75, 3.05) is 24.6 Å². The predicted molar refractivity (Wildman–Crippen MR) is 90.0 cm³/mol. The Labute approximate surface area is 135 Å². The number of piperidine rings is 1. The minimum atomic E-state index is -0.306. The highest BCUT2D eigenvalue weighted by Crippen LogP contribution is 2.31. The van der Waals surface area contributed by atoms with Crippen LogP contribution in [0.25, 0.3) is 0 Å². The van der Waals surface area contributed by atoms with Crippen molar-refractivity contribution < 1.29 is 9.66 Å². The Bertz CT molecular complexity index is 652. The third-order valence-electron chi connectivity index (χ3n) is 4.26. The van der Waals surface area contributed by atoms with Crippen molar-refractivity contribution in [1.29, 1.82) is 0 Å². The summed E-state index contributed by atoms with van der Waals surface area (Å²) in [5.41, 5.74) is 0.909. The maximum Gasteiger partial charge on any atom is 0.292 e. The van der Waals surface area contributed by atoms with Crippen molar-refractivity contribution in [2.45, 2.75) is 12.8 Å². The van der Waals surface area contributed by atoms with Gasteiger partial charge < -0.3 is 9.64 Å². The Hall–Kier alpha value is -2.56. The highest BCUT2D eigenvalue weighted by molar-refractivity contribution is 5.63. The number of hydrogen-bond acceptors (Lipinski definition) is 4. The lowest BCUT2D eigenvalue weighted by Gasteiger charge is -2.33. The van der Waals surface area contributed by atoms with Crippen molar-refractivity contribution in [2.24, 2.45) is 5.92 Å². The second-order valence-corrected chi connectivity index (χ2v) is 5.80. The zero-order valence-electron chi connectivity index (χ0n) is 12.9. The Kier molecular flexibility index (Phi) is 4.76. The summed E-state index contributed by atoms with van der Waals surface area (Å²) < 4.78 is 5.82. The molecule has 120 valence electrons. The van der Waals surface area contributed by atoms with E-state index in [9.17, 15) is 10.1 Å². The molecule has 1 fully saturated rings. The quantitative estimate of drug-likeness (QED) is 0.621. The highest BCUT2D eigenvalue weighted by atomic mass is 16.6. The summed E-state index contributed by atoms with van der Waals surface area (Å²) in [4.78, 5) is 12.9. The Morgan fingerprint density at radius 1 is 1.04 bits per heavy atom. The lowest BCUT2D eigenvalue weighted by molar-refractivity contribution is -0.384. The van der Waals surface area contributed by atoms with Crippen LogP contribution in [0.3, 0.4) is 0 Å². The van der Waals surface area contributed by atoms with Crippen LogP contribution < -0.4 is 9.64 Å². The second-order valence-electron chi connectivity index (χ2n) is 5.80. The summed E-state index contributed by atoms with van der Waals surface area (Å²) in [6.45, 7) is 2.36. The Morgan fingerprint density at radius 3 is 2.39 bits per heavy atom. The maximum absolute atomic E-state index is 11.1. The second kappa shape index (κ2) is 7.13. The molecule has 23 heavy (non-hydrogen) atoms. The van der Waals surface area contributed by atoms with Gasteiger partial charge in [-0.25, -0.2) is 0 Å². The van der Waals surface area contributed by atoms with E-state index >= 15 is 0 Å². The normalized spacial score (nSPS) is 15.4. The highest BCUT2D eigenvalue weighted by Gasteiger charge is 2.24. The zero-order valence-corrected chi connectivity index (χ0v) is 12.9. The SMILES string of the molecule is O=[N+]([O-])c1ccccc1N1CCC(COc2ccccc2)CC1. The van der Waals surface area contributed by atoms with Gasteiger partial charge in [0, 0.05) is 19.2 Å². The molecule has 2 aromatic rings. The lowest BCUT2D eigenvalue weighted by Crippen LogP contribution is -2.35. The van der Waals surface area contributed by atoms with Crippen LogP contribution in [-0.2, 0) is 0 Å². The average Bonchev–Trinajstić information content (AvgIpc) is 2.61. The van der Waals surface area contributed by atoms with E-state index in [0.29, 0.717) is 12.5 Å². The van der Waals surface area contributed by atoms with E-state index in [4.69, 9.17) is 4.74 Å². The van der Waals surface area contributed by atoms with Crippen LogP contribution in [0.1, 0.15) is 12.8 Å². The minimum absolute atomic E-state index is 0.187. The molecule has 0 amide bonds. The van der Waals surface area contributed by atoms with Gasteiger partial charge in [-0.05, 0) is 37.0 Å². The molecule has 5 nitrogen and oxygen atoms in total. The van der Waals surface area contributed by atoms with Gasteiger partial charge in [0.2, 0.25) is 0 Å². The average molecular weight is 312 g/mol. The fourth-order valence-electron chi connectivity index (χ4n) is 2.96. The summed E-state index contributed by atoms with van der Waals surface area (Å²) in [5, 5.41) is 11.1. The standard InChI is InChI=1S/C18H20N2O3/c21-20(22)18-9-5-4-8-17(18)19-12-10-15(11-13-19)14-23-16-6-2-1-3-7-16/h1-9,15H,10-14H2. The van der Waals surface area contributed by atoms with Crippen LogP contribution in [0.2, 0.25) is 0 Å². The smallest absolute Gasteiger partial charge is 0.292 e. The zero-order chi connectivity index (χ0) is 16.1. The van der Waals surface area contributed by atoms with E-state index in [1.54, 1.807) is 12.1 Å². The molecule has 2 aromatic carbocycles. The minimum Gasteiger partial charge on any atom is -0.493 e. The number of benzene rings is 2. The first-order valence-electron chi connectivity index (χ1n) is 7.90. The third kappa shape index (κ3) is 3.80. The molecule has 0 radical (unpaired) electrons. The van der Waals surface area contributed by atoms with Gasteiger partial charge in [0.1, 0.15) is 11.4 Å². The molecule has 1 aliphatic rings. The third-order valence-corrected chi connectivity index (χ3v) is 4.26. The number of nitro benzene ring substituents is 1. The van der Waals surface area contributed by atoms with Gasteiger partial charge in [-0.3, -0.25) is 10.1 Å². The molecular weight excluding hydrogens is 292 g/mol. The molecule has 0 spiro atoms. The first-order valence-corrected chi connectivity index (χ1v) is 7.90. The number of para-hydroxylation sites is 3. The molecule has 0 atom stereocenters. The summed E-state index contributed by atoms with van der Waals surface area (Å²) in [5.74, 6) is 1.39. The molecule has 1 aliphatic heterocycles. The van der Waals surface area contributed by atoms with Gasteiger partial charge in [-0.15, -0.1) is 0 Å². The van der Waals surface area contributed by atoms with Crippen molar-refractivity contribution in [3.63, 3.8) is 0 Å². The molecule has 0 unspecified atom stereocenters. The molecule has 3 rings (SSSR count). The molecule has 1 saturated heterocycles. The summed E-state index contributed by atoms with van der Waals surface area (Å²) in [6.07, 6.45) is 1.97. The van der Waals surface area contributed by atoms with Crippen molar-refractivity contribution >= 4 is 11.4 Å². The monoisotopic (exact) mass is 312 g/mol. The van der Waals surface area contributed by atoms with Crippen LogP contribution in [-0.4, -0.2) is 24.6 Å². The van der Waals surface area contributed by atoms with E-state index in [1.807, 2.05) is 42.5 Å². The largest absolute Gasteiger partial charge is 0.493 e. The maximum atomic E-state index is 11.1. The molecule has 0 aromatic heterocycles. The van der Waals surface area contributed by atoms with E-state index in [0.717, 1.165) is 37.4 Å². The molecule has 0 saturated carbocycles. The van der Waals surface area contributed by atoms with Crippen LogP contribution in [0.5, 0.6) is 5.75 Å². The number of hydrogen-bond donors (Lipinski definition) is 0. The van der Waals surface area contributed by atoms with Gasteiger partial charge in [0.15, 0.2) is 0 Å². The van der Waals surface area contributed by atoms with E-state index < -0.39 is 0 Å². The number of nitro groups is 1. The summed E-state index contributed by atoms with van der Waals surface area (Å²) in [7, 11) is 0. The topological polar surface area (TPSA) is 55.6 Å². The predicted octanol–water partition coefficient (Wildman–Crippen LogP) is 3.89. The fourth-order valence-corrected chi connectivity index (χ4v) is 2.96. The van der Waals surface area contributed by atoms with Crippen LogP contribution in [0.4, 0.5) is 11.4 Å². The molecular formula is C18H20N2O3. The Balaban J connectivity index is 1.55. The van der Waals surface area contributed by atoms with E-state index in [2.05, 4.69) is 4.90 Å². The van der Waals surface area contributed by atoms with Crippen LogP contribution in [0, 0.1) is 16.0 Å². The first kappa shape index (κ1) is 15.3. The number of ether oxygens (including phenoxy) is 1. The van der Waals surface area contributed by atoms with Gasteiger partial charge in [0.25, 0.3) is 5.69 Å². The molecule has 5 heteroatoms. The van der Waals surface area contributed by atoms with Gasteiger partial charge in [0.05, 0.1) is 11.5 Å². The van der Waals surface area contributed by atoms with E-state index in [1.165, 1.54) is 0 Å². The van der Waals surface area contributed by atoms with Crippen LogP contribution in [0.15, 0.2) is 54.6 Å². The van der Waals surface area contributed by atoms with Gasteiger partial charge in [-0.2, -0.15) is 0 Å². The molecule has 1 heterocycles. The van der Waals surface area contributed by atoms with Gasteiger partial charge >= 0.3 is 0 Å².